The molecule has 17 heavy (non-hydrogen) atoms. The molecule has 0 aliphatic heterocycles. The average molecular weight is 223 g/mol. The predicted molar refractivity (Wildman–Crippen MR) is 74.9 cm³/mol. The van der Waals surface area contributed by atoms with Crippen molar-refractivity contribution >= 4 is 5.69 Å². The van der Waals surface area contributed by atoms with E-state index in [1.807, 2.05) is 18.2 Å². The molecule has 0 heterocycles. The molecule has 0 unspecified atom stereocenters. The standard InChI is InChI=1S/C16H17N/c1-3-4-13-9-15(11-16(17)10-13)14-7-5-12(2)6-8-14/h3,5-11H,1,4,17H2,2H3. The van der Waals surface area contributed by atoms with E-state index in [1.54, 1.807) is 0 Å². The summed E-state index contributed by atoms with van der Waals surface area (Å²) in [7, 11) is 0. The Morgan fingerprint density at radius 2 is 1.76 bits per heavy atom. The predicted octanol–water partition coefficient (Wildman–Crippen LogP) is 3.97. The van der Waals surface area contributed by atoms with E-state index in [0.29, 0.717) is 0 Å². The van der Waals surface area contributed by atoms with Gasteiger partial charge in [-0.3, -0.25) is 0 Å². The Labute approximate surface area is 103 Å². The fourth-order valence-electron chi connectivity index (χ4n) is 1.92. The first-order valence-electron chi connectivity index (χ1n) is 5.76. The van der Waals surface area contributed by atoms with Crippen LogP contribution in [0.4, 0.5) is 5.69 Å². The van der Waals surface area contributed by atoms with Gasteiger partial charge in [0.15, 0.2) is 0 Å². The third-order valence-electron chi connectivity index (χ3n) is 2.78. The number of nitrogens with two attached hydrogens (primary N) is 1. The van der Waals surface area contributed by atoms with Crippen LogP contribution in [-0.2, 0) is 6.42 Å². The summed E-state index contributed by atoms with van der Waals surface area (Å²) >= 11 is 0. The molecular formula is C16H17N. The molecule has 0 atom stereocenters. The molecule has 0 radical (unpaired) electrons. The van der Waals surface area contributed by atoms with E-state index in [2.05, 4.69) is 43.8 Å². The zero-order chi connectivity index (χ0) is 12.3. The first-order valence-corrected chi connectivity index (χ1v) is 5.76. The lowest BCUT2D eigenvalue weighted by Crippen LogP contribution is -1.90. The van der Waals surface area contributed by atoms with E-state index >= 15 is 0 Å². The van der Waals surface area contributed by atoms with Gasteiger partial charge in [0.1, 0.15) is 0 Å². The van der Waals surface area contributed by atoms with Gasteiger partial charge in [-0.1, -0.05) is 42.0 Å². The van der Waals surface area contributed by atoms with E-state index in [9.17, 15) is 0 Å². The van der Waals surface area contributed by atoms with Crippen molar-refractivity contribution < 1.29 is 0 Å². The highest BCUT2D eigenvalue weighted by atomic mass is 14.5. The van der Waals surface area contributed by atoms with Crippen molar-refractivity contribution in [2.75, 3.05) is 5.73 Å². The number of nitrogen functional groups attached to an aromatic ring is 1. The van der Waals surface area contributed by atoms with Gasteiger partial charge in [-0.25, -0.2) is 0 Å². The molecule has 0 aromatic heterocycles. The summed E-state index contributed by atoms with van der Waals surface area (Å²) in [5, 5.41) is 0. The highest BCUT2D eigenvalue weighted by molar-refractivity contribution is 5.68. The molecular weight excluding hydrogens is 206 g/mol. The van der Waals surface area contributed by atoms with Gasteiger partial charge in [0.2, 0.25) is 0 Å². The summed E-state index contributed by atoms with van der Waals surface area (Å²) in [6.07, 6.45) is 2.75. The van der Waals surface area contributed by atoms with Gasteiger partial charge in [-0.2, -0.15) is 0 Å². The Hall–Kier alpha value is -2.02. The van der Waals surface area contributed by atoms with Crippen molar-refractivity contribution in [1.29, 1.82) is 0 Å². The third-order valence-corrected chi connectivity index (χ3v) is 2.78. The van der Waals surface area contributed by atoms with Crippen molar-refractivity contribution in [3.05, 3.63) is 66.2 Å². The van der Waals surface area contributed by atoms with Crippen LogP contribution < -0.4 is 5.73 Å². The Kier molecular flexibility index (Phi) is 3.29. The lowest BCUT2D eigenvalue weighted by atomic mass is 10.00. The SMILES string of the molecule is C=CCc1cc(N)cc(-c2ccc(C)cc2)c1. The van der Waals surface area contributed by atoms with Crippen molar-refractivity contribution in [3.63, 3.8) is 0 Å². The van der Waals surface area contributed by atoms with Gasteiger partial charge in [0.05, 0.1) is 0 Å². The van der Waals surface area contributed by atoms with Gasteiger partial charge in [0.25, 0.3) is 0 Å². The molecule has 2 aromatic carbocycles. The zero-order valence-electron chi connectivity index (χ0n) is 10.1. The van der Waals surface area contributed by atoms with E-state index in [4.69, 9.17) is 5.73 Å². The van der Waals surface area contributed by atoms with Gasteiger partial charge >= 0.3 is 0 Å². The normalized spacial score (nSPS) is 10.2. The fraction of sp³-hybridized carbons (Fsp3) is 0.125. The van der Waals surface area contributed by atoms with Gasteiger partial charge in [-0.05, 0) is 42.2 Å². The molecule has 0 amide bonds. The van der Waals surface area contributed by atoms with Crippen molar-refractivity contribution in [3.8, 4) is 11.1 Å². The Morgan fingerprint density at radius 1 is 1.06 bits per heavy atom. The molecule has 0 saturated carbocycles. The molecule has 0 aliphatic carbocycles. The van der Waals surface area contributed by atoms with Crippen LogP contribution in [0.15, 0.2) is 55.1 Å². The molecule has 2 rings (SSSR count). The van der Waals surface area contributed by atoms with E-state index in [0.717, 1.165) is 12.1 Å². The van der Waals surface area contributed by atoms with Crippen LogP contribution in [0.1, 0.15) is 11.1 Å². The van der Waals surface area contributed by atoms with Crippen LogP contribution in [0.25, 0.3) is 11.1 Å². The molecule has 2 N–H and O–H groups in total. The fourth-order valence-corrected chi connectivity index (χ4v) is 1.92. The number of allylic oxidation sites excluding steroid dienone is 1. The lowest BCUT2D eigenvalue weighted by Gasteiger charge is -2.07. The Bertz CT molecular complexity index is 524. The second-order valence-corrected chi connectivity index (χ2v) is 4.32. The maximum Gasteiger partial charge on any atom is 0.0323 e. The molecule has 0 bridgehead atoms. The summed E-state index contributed by atoms with van der Waals surface area (Å²) in [5.74, 6) is 0. The quantitative estimate of drug-likeness (QED) is 0.618. The highest BCUT2D eigenvalue weighted by Gasteiger charge is 2.01. The average Bonchev–Trinajstić information content (AvgIpc) is 2.29. The zero-order valence-corrected chi connectivity index (χ0v) is 10.1. The smallest absolute Gasteiger partial charge is 0.0323 e. The van der Waals surface area contributed by atoms with E-state index in [1.165, 1.54) is 22.3 Å². The van der Waals surface area contributed by atoms with Gasteiger partial charge in [0, 0.05) is 5.69 Å². The molecule has 0 aliphatic rings. The molecule has 1 heteroatoms. The molecule has 0 spiro atoms. The Balaban J connectivity index is 2.44. The van der Waals surface area contributed by atoms with E-state index < -0.39 is 0 Å². The maximum absolute atomic E-state index is 5.92. The first-order chi connectivity index (χ1) is 8.19. The molecule has 1 nitrogen and oxygen atoms in total. The van der Waals surface area contributed by atoms with Crippen LogP contribution in [-0.4, -0.2) is 0 Å². The first kappa shape index (κ1) is 11.5. The van der Waals surface area contributed by atoms with Gasteiger partial charge in [-0.15, -0.1) is 6.58 Å². The van der Waals surface area contributed by atoms with Crippen molar-refractivity contribution in [2.45, 2.75) is 13.3 Å². The Morgan fingerprint density at radius 3 is 2.41 bits per heavy atom. The second kappa shape index (κ2) is 4.88. The monoisotopic (exact) mass is 223 g/mol. The lowest BCUT2D eigenvalue weighted by molar-refractivity contribution is 1.28. The minimum absolute atomic E-state index is 0.805. The maximum atomic E-state index is 5.92. The molecule has 86 valence electrons. The van der Waals surface area contributed by atoms with Crippen molar-refractivity contribution in [1.82, 2.24) is 0 Å². The summed E-state index contributed by atoms with van der Waals surface area (Å²) < 4.78 is 0. The van der Waals surface area contributed by atoms with E-state index in [-0.39, 0.29) is 0 Å². The van der Waals surface area contributed by atoms with Crippen LogP contribution in [0, 0.1) is 6.92 Å². The minimum Gasteiger partial charge on any atom is -0.399 e. The summed E-state index contributed by atoms with van der Waals surface area (Å²) in [6.45, 7) is 5.85. The number of hydrogen-bond acceptors (Lipinski definition) is 1. The molecule has 0 fully saturated rings. The van der Waals surface area contributed by atoms with Crippen LogP contribution >= 0.6 is 0 Å². The van der Waals surface area contributed by atoms with Crippen molar-refractivity contribution in [2.24, 2.45) is 0 Å². The third kappa shape index (κ3) is 2.76. The summed E-state index contributed by atoms with van der Waals surface area (Å²) in [5.41, 5.74) is 11.6. The molecule has 0 saturated heterocycles. The van der Waals surface area contributed by atoms with Crippen LogP contribution in [0.2, 0.25) is 0 Å². The highest BCUT2D eigenvalue weighted by Crippen LogP contribution is 2.24. The number of anilines is 1. The van der Waals surface area contributed by atoms with Crippen LogP contribution in [0.5, 0.6) is 0 Å². The minimum atomic E-state index is 0.805. The summed E-state index contributed by atoms with van der Waals surface area (Å²) in [4.78, 5) is 0. The second-order valence-electron chi connectivity index (χ2n) is 4.32. The number of benzene rings is 2. The largest absolute Gasteiger partial charge is 0.399 e. The number of hydrogen-bond donors (Lipinski definition) is 1. The van der Waals surface area contributed by atoms with Crippen LogP contribution in [0.3, 0.4) is 0 Å². The topological polar surface area (TPSA) is 26.0 Å². The van der Waals surface area contributed by atoms with Gasteiger partial charge < -0.3 is 5.73 Å². The molecule has 2 aromatic rings. The summed E-state index contributed by atoms with van der Waals surface area (Å²) in [6, 6.07) is 14.7. The number of aryl methyl sites for hydroxylation is 1. The number of rotatable bonds is 3.